The fourth-order valence-electron chi connectivity index (χ4n) is 12.1. The van der Waals surface area contributed by atoms with Gasteiger partial charge in [0.25, 0.3) is 8.32 Å². The van der Waals surface area contributed by atoms with Gasteiger partial charge in [0.1, 0.15) is 61.2 Å². The molecule has 0 N–H and O–H groups in total. The lowest BCUT2D eigenvalue weighted by Gasteiger charge is -2.61. The fourth-order valence-corrected chi connectivity index (χ4v) is 16.7. The van der Waals surface area contributed by atoms with Crippen molar-refractivity contribution in [1.29, 1.82) is 0 Å². The van der Waals surface area contributed by atoms with Crippen molar-refractivity contribution in [3.8, 4) is 5.75 Å². The molecule has 82 heavy (non-hydrogen) atoms. The van der Waals surface area contributed by atoms with Crippen molar-refractivity contribution in [2.45, 2.75) is 144 Å². The second kappa shape index (κ2) is 26.9. The van der Waals surface area contributed by atoms with Gasteiger partial charge in [-0.15, -0.1) is 0 Å². The lowest BCUT2D eigenvalue weighted by Crippen LogP contribution is -2.76. The summed E-state index contributed by atoms with van der Waals surface area (Å²) >= 11 is 0. The molecule has 0 unspecified atom stereocenters. The Morgan fingerprint density at radius 2 is 0.988 bits per heavy atom. The molecule has 1 saturated carbocycles. The molecule has 15 nitrogen and oxygen atoms in total. The van der Waals surface area contributed by atoms with Crippen molar-refractivity contribution in [2.24, 2.45) is 0 Å². The Balaban J connectivity index is 1.05. The lowest BCUT2D eigenvalue weighted by molar-refractivity contribution is -0.502. The van der Waals surface area contributed by atoms with Crippen LogP contribution >= 0.6 is 0 Å². The quantitative estimate of drug-likeness (QED) is 0.0443. The van der Waals surface area contributed by atoms with Gasteiger partial charge in [0.15, 0.2) is 12.6 Å². The van der Waals surface area contributed by atoms with E-state index in [1.165, 1.54) is 0 Å². The third-order valence-electron chi connectivity index (χ3n) is 16.3. The summed E-state index contributed by atoms with van der Waals surface area (Å²) in [5, 5.41) is 1.87. The van der Waals surface area contributed by atoms with Gasteiger partial charge in [-0.05, 0) is 69.2 Å². The third-order valence-corrected chi connectivity index (χ3v) is 21.3. The number of methoxy groups -OCH3 is 4. The van der Waals surface area contributed by atoms with Gasteiger partial charge in [-0.2, -0.15) is 0 Å². The maximum atomic E-state index is 14.0. The van der Waals surface area contributed by atoms with Crippen LogP contribution in [-0.2, 0) is 81.1 Å². The highest BCUT2D eigenvalue weighted by Crippen LogP contribution is 2.52. The summed E-state index contributed by atoms with van der Waals surface area (Å²) in [6.07, 6.45) is -7.31. The van der Waals surface area contributed by atoms with E-state index in [0.717, 1.165) is 39.9 Å². The van der Waals surface area contributed by atoms with Gasteiger partial charge in [0.05, 0.1) is 39.1 Å². The van der Waals surface area contributed by atoms with Crippen LogP contribution in [0.3, 0.4) is 0 Å². The Kier molecular flexibility index (Phi) is 19.5. The Morgan fingerprint density at radius 3 is 1.46 bits per heavy atom. The molecule has 6 aromatic rings. The Labute approximate surface area is 483 Å². The van der Waals surface area contributed by atoms with Crippen LogP contribution in [0.4, 0.5) is 0 Å². The normalized spacial score (nSPS) is 28.3. The number of rotatable bonds is 23. The number of fused-ring (bicyclic) bond motifs is 2. The molecule has 0 radical (unpaired) electrons. The summed E-state index contributed by atoms with van der Waals surface area (Å²) in [5.74, 6) is -2.67. The molecule has 1 aliphatic carbocycles. The minimum Gasteiger partial charge on any atom is -0.497 e. The number of carbonyl (C=O) groups excluding carboxylic acids is 1. The summed E-state index contributed by atoms with van der Waals surface area (Å²) in [5.41, 5.74) is 3.06. The minimum absolute atomic E-state index is 0.0877. The maximum Gasteiger partial charge on any atom is 0.338 e. The number of ether oxygens (including phenoxy) is 13. The summed E-state index contributed by atoms with van der Waals surface area (Å²) < 4.78 is 96.2. The van der Waals surface area contributed by atoms with Crippen LogP contribution in [0.5, 0.6) is 5.75 Å². The van der Waals surface area contributed by atoms with Crippen molar-refractivity contribution in [3.63, 3.8) is 0 Å². The minimum atomic E-state index is -3.14. The van der Waals surface area contributed by atoms with E-state index < -0.39 is 87.3 Å². The Bertz CT molecular complexity index is 2860. The zero-order valence-electron chi connectivity index (χ0n) is 48.0. The van der Waals surface area contributed by atoms with Gasteiger partial charge in [-0.1, -0.05) is 172 Å². The molecular formula is C66H78O15Si. The predicted octanol–water partition coefficient (Wildman–Crippen LogP) is 9.71. The molecule has 0 bridgehead atoms. The first-order valence-electron chi connectivity index (χ1n) is 28.4. The van der Waals surface area contributed by atoms with E-state index in [1.807, 2.05) is 103 Å². The topological polar surface area (TPSA) is 146 Å². The van der Waals surface area contributed by atoms with E-state index in [9.17, 15) is 4.79 Å². The molecule has 12 atom stereocenters. The van der Waals surface area contributed by atoms with E-state index in [1.54, 1.807) is 52.7 Å². The largest absolute Gasteiger partial charge is 0.497 e. The predicted molar refractivity (Wildman–Crippen MR) is 309 cm³/mol. The standard InChI is InChI=1S/C66H78O15Si/c1-64(2,3)82(51-31-19-11-20-32-51,52-33-21-12-22-34-52)76-45-54-56-58(81-66(71-7)40-24-23-39-65(66,70-6)80-56)60(62(69-5)77-54)79-63-59(74-43-48-29-17-10-18-30-48)57(73-42-47-27-15-9-16-28-47)55(72-41-46-25-13-8-14-26-46)53(78-63)44-75-61(67)49-35-37-50(68-4)38-36-49/h8-22,25-38,53-60,62-63H,23-24,39-45H2,1-7H3/t53-,54-,55-,56-,57+,58+,59+,60+,62+,63-,65+,66+/m1/s1. The Hall–Kier alpha value is -5.67. The van der Waals surface area contributed by atoms with Crippen molar-refractivity contribution in [2.75, 3.05) is 41.7 Å². The van der Waals surface area contributed by atoms with E-state index in [0.29, 0.717) is 24.2 Å². The van der Waals surface area contributed by atoms with Gasteiger partial charge in [0, 0.05) is 34.2 Å². The summed E-state index contributed by atoms with van der Waals surface area (Å²) in [6.45, 7) is 7.04. The highest BCUT2D eigenvalue weighted by Gasteiger charge is 2.68. The van der Waals surface area contributed by atoms with E-state index >= 15 is 0 Å². The molecule has 6 aromatic carbocycles. The zero-order valence-corrected chi connectivity index (χ0v) is 49.0. The first kappa shape index (κ1) is 59.5. The average molecular weight is 1140 g/mol. The number of carbonyl (C=O) groups is 1. The van der Waals surface area contributed by atoms with Crippen LogP contribution in [0.1, 0.15) is 73.5 Å². The fraction of sp³-hybridized carbons (Fsp3) is 0.439. The lowest BCUT2D eigenvalue weighted by atomic mass is 9.83. The zero-order chi connectivity index (χ0) is 57.2. The summed E-state index contributed by atoms with van der Waals surface area (Å²) in [7, 11) is 3.25. The van der Waals surface area contributed by atoms with Gasteiger partial charge in [0.2, 0.25) is 11.6 Å². The van der Waals surface area contributed by atoms with Gasteiger partial charge in [-0.25, -0.2) is 4.79 Å². The molecular weight excluding hydrogens is 1060 g/mol. The molecule has 4 fully saturated rings. The average Bonchev–Trinajstić information content (AvgIpc) is 2.62. The Morgan fingerprint density at radius 1 is 0.524 bits per heavy atom. The molecule has 4 aliphatic rings. The van der Waals surface area contributed by atoms with Gasteiger partial charge < -0.3 is 66.0 Å². The van der Waals surface area contributed by atoms with Gasteiger partial charge >= 0.3 is 5.97 Å². The number of hydrogen-bond donors (Lipinski definition) is 0. The molecule has 10 rings (SSSR count). The number of esters is 1. The van der Waals surface area contributed by atoms with Crippen LogP contribution < -0.4 is 15.1 Å². The molecule has 0 amide bonds. The third kappa shape index (κ3) is 12.7. The molecule has 436 valence electrons. The van der Waals surface area contributed by atoms with Crippen molar-refractivity contribution in [3.05, 3.63) is 198 Å². The van der Waals surface area contributed by atoms with Gasteiger partial charge in [-0.3, -0.25) is 0 Å². The monoisotopic (exact) mass is 1140 g/mol. The summed E-state index contributed by atoms with van der Waals surface area (Å²) in [6, 6.07) is 57.2. The smallest absolute Gasteiger partial charge is 0.338 e. The molecule has 0 aromatic heterocycles. The van der Waals surface area contributed by atoms with Crippen LogP contribution in [0, 0.1) is 0 Å². The van der Waals surface area contributed by atoms with Crippen LogP contribution in [0.25, 0.3) is 0 Å². The number of hydrogen-bond acceptors (Lipinski definition) is 15. The van der Waals surface area contributed by atoms with Crippen LogP contribution in [0.2, 0.25) is 5.04 Å². The number of benzene rings is 6. The SMILES string of the molecule is COc1ccc(C(=O)OC[C@H]2O[C@H](O[C@@H]3[C@@H](OC)O[C@H](CO[Si](c4ccccc4)(c4ccccc4)C(C)(C)C)[C@H]4O[C@@]5(OC)CCCC[C@]5(OC)O[C@H]34)[C@@H](OCc3ccccc3)[C@@H](OCc3ccccc3)[C@@H]2OCc2ccccc2)cc1. The van der Waals surface area contributed by atoms with E-state index in [-0.39, 0.29) is 38.1 Å². The second-order valence-corrected chi connectivity index (χ2v) is 26.6. The van der Waals surface area contributed by atoms with Crippen LogP contribution in [-0.4, -0.2) is 129 Å². The van der Waals surface area contributed by atoms with Crippen molar-refractivity contribution >= 4 is 24.7 Å². The maximum absolute atomic E-state index is 14.0. The molecule has 16 heteroatoms. The van der Waals surface area contributed by atoms with Crippen molar-refractivity contribution in [1.82, 2.24) is 0 Å². The van der Waals surface area contributed by atoms with Crippen molar-refractivity contribution < 1.29 is 70.8 Å². The summed E-state index contributed by atoms with van der Waals surface area (Å²) in [4.78, 5) is 14.0. The van der Waals surface area contributed by atoms with E-state index in [4.69, 9.17) is 66.0 Å². The highest BCUT2D eigenvalue weighted by atomic mass is 28.4. The first-order valence-corrected chi connectivity index (χ1v) is 30.3. The van der Waals surface area contributed by atoms with E-state index in [2.05, 4.69) is 69.3 Å². The molecule has 3 heterocycles. The molecule has 3 aliphatic heterocycles. The highest BCUT2D eigenvalue weighted by molar-refractivity contribution is 6.99. The first-order chi connectivity index (χ1) is 39.9. The molecule has 3 saturated heterocycles. The van der Waals surface area contributed by atoms with Crippen LogP contribution in [0.15, 0.2) is 176 Å². The molecule has 0 spiro atoms. The second-order valence-electron chi connectivity index (χ2n) is 22.3.